The minimum Gasteiger partial charge on any atom is -0.383 e. The van der Waals surface area contributed by atoms with Crippen LogP contribution in [0.1, 0.15) is 32.6 Å². The van der Waals surface area contributed by atoms with Gasteiger partial charge in [-0.1, -0.05) is 6.42 Å². The molecule has 1 unspecified atom stereocenters. The van der Waals surface area contributed by atoms with Crippen molar-refractivity contribution in [1.29, 1.82) is 0 Å². The fourth-order valence-corrected chi connectivity index (χ4v) is 3.77. The molecule has 0 aromatic carbocycles. The van der Waals surface area contributed by atoms with Gasteiger partial charge in [0.25, 0.3) is 0 Å². The summed E-state index contributed by atoms with van der Waals surface area (Å²) in [6.07, 6.45) is 3.82. The molecule has 0 saturated carbocycles. The van der Waals surface area contributed by atoms with Gasteiger partial charge in [0.15, 0.2) is 0 Å². The Labute approximate surface area is 111 Å². The molecule has 6 heteroatoms. The van der Waals surface area contributed by atoms with Crippen LogP contribution >= 0.6 is 0 Å². The lowest BCUT2D eigenvalue weighted by atomic mass is 10.2. The zero-order chi connectivity index (χ0) is 13.4. The number of piperidine rings is 1. The first kappa shape index (κ1) is 15.9. The van der Waals surface area contributed by atoms with Crippen molar-refractivity contribution in [2.45, 2.75) is 38.6 Å². The molecule has 1 aliphatic heterocycles. The quantitative estimate of drug-likeness (QED) is 0.668. The summed E-state index contributed by atoms with van der Waals surface area (Å²) in [6, 6.07) is 0.271. The SMILES string of the molecule is COCC(C)NCCCS(=O)(=O)N1CCCCC1. The van der Waals surface area contributed by atoms with E-state index in [1.54, 1.807) is 11.4 Å². The molecule has 1 saturated heterocycles. The van der Waals surface area contributed by atoms with E-state index in [1.807, 2.05) is 6.92 Å². The second-order valence-corrected chi connectivity index (χ2v) is 7.03. The Morgan fingerprint density at radius 1 is 1.28 bits per heavy atom. The third-order valence-corrected chi connectivity index (χ3v) is 5.15. The number of nitrogens with one attached hydrogen (secondary N) is 1. The predicted molar refractivity (Wildman–Crippen MR) is 73.2 cm³/mol. The fraction of sp³-hybridized carbons (Fsp3) is 1.00. The molecule has 18 heavy (non-hydrogen) atoms. The Morgan fingerprint density at radius 2 is 1.94 bits per heavy atom. The molecule has 1 rings (SSSR count). The zero-order valence-electron chi connectivity index (χ0n) is 11.5. The highest BCUT2D eigenvalue weighted by Crippen LogP contribution is 2.13. The summed E-state index contributed by atoms with van der Waals surface area (Å²) in [5.41, 5.74) is 0. The van der Waals surface area contributed by atoms with Gasteiger partial charge in [-0.3, -0.25) is 0 Å². The molecule has 1 aliphatic rings. The molecule has 0 amide bonds. The van der Waals surface area contributed by atoms with E-state index in [1.165, 1.54) is 0 Å². The molecule has 1 heterocycles. The van der Waals surface area contributed by atoms with Gasteiger partial charge in [0, 0.05) is 26.2 Å². The smallest absolute Gasteiger partial charge is 0.214 e. The normalized spacial score (nSPS) is 19.9. The summed E-state index contributed by atoms with van der Waals surface area (Å²) in [4.78, 5) is 0. The van der Waals surface area contributed by atoms with Crippen molar-refractivity contribution in [1.82, 2.24) is 9.62 Å². The molecular weight excluding hydrogens is 252 g/mol. The average molecular weight is 278 g/mol. The van der Waals surface area contributed by atoms with Crippen LogP contribution in [0.3, 0.4) is 0 Å². The van der Waals surface area contributed by atoms with Crippen molar-refractivity contribution in [2.75, 3.05) is 39.1 Å². The van der Waals surface area contributed by atoms with E-state index >= 15 is 0 Å². The van der Waals surface area contributed by atoms with Gasteiger partial charge in [-0.2, -0.15) is 0 Å². The topological polar surface area (TPSA) is 58.6 Å². The first-order valence-electron chi connectivity index (χ1n) is 6.76. The molecule has 1 atom stereocenters. The number of rotatable bonds is 8. The highest BCUT2D eigenvalue weighted by molar-refractivity contribution is 7.89. The molecule has 0 spiro atoms. The summed E-state index contributed by atoms with van der Waals surface area (Å²) in [5, 5.41) is 3.25. The van der Waals surface area contributed by atoms with Crippen LogP contribution in [0.4, 0.5) is 0 Å². The van der Waals surface area contributed by atoms with Crippen LogP contribution < -0.4 is 5.32 Å². The van der Waals surface area contributed by atoms with Gasteiger partial charge in [-0.15, -0.1) is 0 Å². The maximum atomic E-state index is 12.0. The van der Waals surface area contributed by atoms with Gasteiger partial charge < -0.3 is 10.1 Å². The number of nitrogens with zero attached hydrogens (tertiary/aromatic N) is 1. The van der Waals surface area contributed by atoms with Gasteiger partial charge >= 0.3 is 0 Å². The Kier molecular flexibility index (Phi) is 7.14. The lowest BCUT2D eigenvalue weighted by Gasteiger charge is -2.25. The van der Waals surface area contributed by atoms with E-state index in [2.05, 4.69) is 5.32 Å². The van der Waals surface area contributed by atoms with Gasteiger partial charge in [-0.25, -0.2) is 12.7 Å². The highest BCUT2D eigenvalue weighted by Gasteiger charge is 2.23. The number of ether oxygens (including phenoxy) is 1. The van der Waals surface area contributed by atoms with Crippen LogP contribution in [0.2, 0.25) is 0 Å². The predicted octanol–water partition coefficient (Wildman–Crippen LogP) is 0.817. The molecular formula is C12H26N2O3S. The third-order valence-electron chi connectivity index (χ3n) is 3.20. The maximum absolute atomic E-state index is 12.0. The first-order valence-corrected chi connectivity index (χ1v) is 8.37. The van der Waals surface area contributed by atoms with Crippen molar-refractivity contribution in [3.05, 3.63) is 0 Å². The van der Waals surface area contributed by atoms with Crippen LogP contribution in [0.25, 0.3) is 0 Å². The van der Waals surface area contributed by atoms with E-state index in [0.717, 1.165) is 25.8 Å². The van der Waals surface area contributed by atoms with E-state index in [-0.39, 0.29) is 11.8 Å². The fourth-order valence-electron chi connectivity index (χ4n) is 2.18. The minimum atomic E-state index is -3.03. The lowest BCUT2D eigenvalue weighted by Crippen LogP contribution is -2.38. The molecule has 0 bridgehead atoms. The van der Waals surface area contributed by atoms with E-state index in [4.69, 9.17) is 4.74 Å². The highest BCUT2D eigenvalue weighted by atomic mass is 32.2. The molecule has 1 N–H and O–H groups in total. The van der Waals surface area contributed by atoms with E-state index < -0.39 is 10.0 Å². The molecule has 108 valence electrons. The van der Waals surface area contributed by atoms with E-state index in [0.29, 0.717) is 26.1 Å². The van der Waals surface area contributed by atoms with Crippen molar-refractivity contribution < 1.29 is 13.2 Å². The number of hydrogen-bond acceptors (Lipinski definition) is 4. The summed E-state index contributed by atoms with van der Waals surface area (Å²) < 4.78 is 30.7. The number of methoxy groups -OCH3 is 1. The Bertz CT molecular complexity index is 313. The van der Waals surface area contributed by atoms with Crippen LogP contribution in [-0.2, 0) is 14.8 Å². The van der Waals surface area contributed by atoms with Crippen LogP contribution in [0, 0.1) is 0 Å². The van der Waals surface area contributed by atoms with Crippen LogP contribution in [-0.4, -0.2) is 57.9 Å². The molecule has 0 aliphatic carbocycles. The lowest BCUT2D eigenvalue weighted by molar-refractivity contribution is 0.172. The van der Waals surface area contributed by atoms with Crippen LogP contribution in [0.5, 0.6) is 0 Å². The zero-order valence-corrected chi connectivity index (χ0v) is 12.3. The monoisotopic (exact) mass is 278 g/mol. The second-order valence-electron chi connectivity index (χ2n) is 4.94. The van der Waals surface area contributed by atoms with Crippen molar-refractivity contribution in [3.63, 3.8) is 0 Å². The second kappa shape index (κ2) is 8.09. The molecule has 1 fully saturated rings. The molecule has 0 radical (unpaired) electrons. The standard InChI is InChI=1S/C12H26N2O3S/c1-12(11-17-2)13-7-6-10-18(15,16)14-8-4-3-5-9-14/h12-13H,3-11H2,1-2H3. The minimum absolute atomic E-state index is 0.250. The summed E-state index contributed by atoms with van der Waals surface area (Å²) in [5.74, 6) is 0.250. The van der Waals surface area contributed by atoms with Gasteiger partial charge in [0.1, 0.15) is 0 Å². The summed E-state index contributed by atoms with van der Waals surface area (Å²) in [6.45, 7) is 4.81. The van der Waals surface area contributed by atoms with Gasteiger partial charge in [-0.05, 0) is 32.7 Å². The summed E-state index contributed by atoms with van der Waals surface area (Å²) in [7, 11) is -1.37. The Hall–Kier alpha value is -0.170. The molecule has 0 aromatic rings. The Morgan fingerprint density at radius 3 is 2.56 bits per heavy atom. The Balaban J connectivity index is 2.20. The molecule has 5 nitrogen and oxygen atoms in total. The largest absolute Gasteiger partial charge is 0.383 e. The average Bonchev–Trinajstić information content (AvgIpc) is 2.36. The summed E-state index contributed by atoms with van der Waals surface area (Å²) >= 11 is 0. The van der Waals surface area contributed by atoms with Crippen molar-refractivity contribution in [2.24, 2.45) is 0 Å². The van der Waals surface area contributed by atoms with E-state index in [9.17, 15) is 8.42 Å². The van der Waals surface area contributed by atoms with Crippen LogP contribution in [0.15, 0.2) is 0 Å². The van der Waals surface area contributed by atoms with Crippen molar-refractivity contribution in [3.8, 4) is 0 Å². The van der Waals surface area contributed by atoms with Gasteiger partial charge in [0.2, 0.25) is 10.0 Å². The van der Waals surface area contributed by atoms with Gasteiger partial charge in [0.05, 0.1) is 12.4 Å². The first-order chi connectivity index (χ1) is 8.56. The molecule has 0 aromatic heterocycles. The van der Waals surface area contributed by atoms with Crippen molar-refractivity contribution >= 4 is 10.0 Å². The number of hydrogen-bond donors (Lipinski definition) is 1. The third kappa shape index (κ3) is 5.65. The maximum Gasteiger partial charge on any atom is 0.214 e. The number of sulfonamides is 1.